The van der Waals surface area contributed by atoms with Crippen molar-refractivity contribution in [2.45, 2.75) is 6.54 Å². The second-order valence-electron chi connectivity index (χ2n) is 4.82. The van der Waals surface area contributed by atoms with Crippen LogP contribution in [0.3, 0.4) is 0 Å². The summed E-state index contributed by atoms with van der Waals surface area (Å²) in [7, 11) is 0. The molecule has 2 heterocycles. The molecule has 0 saturated carbocycles. The number of fused-ring (bicyclic) bond motifs is 2. The predicted molar refractivity (Wildman–Crippen MR) is 79.1 cm³/mol. The van der Waals surface area contributed by atoms with E-state index in [0.717, 1.165) is 11.0 Å². The largest absolute Gasteiger partial charge is 0.459 e. The Morgan fingerprint density at radius 3 is 2.76 bits per heavy atom. The van der Waals surface area contributed by atoms with E-state index in [-0.39, 0.29) is 12.1 Å². The van der Waals surface area contributed by atoms with Crippen molar-refractivity contribution >= 4 is 21.9 Å². The van der Waals surface area contributed by atoms with Gasteiger partial charge >= 0.3 is 0 Å². The highest BCUT2D eigenvalue weighted by Crippen LogP contribution is 2.19. The molecule has 0 aliphatic heterocycles. The van der Waals surface area contributed by atoms with Gasteiger partial charge in [0.15, 0.2) is 0 Å². The number of para-hydroxylation sites is 1. The first-order chi connectivity index (χ1) is 10.3. The molecule has 0 N–H and O–H groups in total. The molecule has 2 aromatic carbocycles. The van der Waals surface area contributed by atoms with Crippen molar-refractivity contribution in [3.63, 3.8) is 0 Å². The Bertz CT molecular complexity index is 968. The highest BCUT2D eigenvalue weighted by Gasteiger charge is 2.08. The summed E-state index contributed by atoms with van der Waals surface area (Å²) in [6.07, 6.45) is 0. The van der Waals surface area contributed by atoms with Gasteiger partial charge in [-0.25, -0.2) is 4.68 Å². The molecule has 0 saturated heterocycles. The Balaban J connectivity index is 1.80. The van der Waals surface area contributed by atoms with Crippen LogP contribution in [0.1, 0.15) is 5.76 Å². The van der Waals surface area contributed by atoms with Crippen LogP contribution < -0.4 is 5.56 Å². The lowest BCUT2D eigenvalue weighted by Crippen LogP contribution is -2.24. The lowest BCUT2D eigenvalue weighted by molar-refractivity contribution is 0.488. The molecule has 0 aliphatic rings. The second kappa shape index (κ2) is 4.56. The van der Waals surface area contributed by atoms with Gasteiger partial charge < -0.3 is 4.42 Å². The number of hydrogen-bond donors (Lipinski definition) is 0. The molecule has 0 amide bonds. The van der Waals surface area contributed by atoms with Crippen molar-refractivity contribution in [1.29, 1.82) is 0 Å². The molecule has 2 aromatic heterocycles. The third kappa shape index (κ3) is 1.99. The maximum Gasteiger partial charge on any atom is 0.278 e. The van der Waals surface area contributed by atoms with E-state index in [1.165, 1.54) is 4.68 Å². The fourth-order valence-electron chi connectivity index (χ4n) is 2.39. The third-order valence-electron chi connectivity index (χ3n) is 3.41. The maximum atomic E-state index is 12.4. The summed E-state index contributed by atoms with van der Waals surface area (Å²) in [6, 6.07) is 16.8. The van der Waals surface area contributed by atoms with E-state index in [1.807, 2.05) is 42.5 Å². The minimum absolute atomic E-state index is 0.166. The lowest BCUT2D eigenvalue weighted by atomic mass is 10.2. The molecular formula is C16H11N3O2. The molecule has 102 valence electrons. The zero-order valence-corrected chi connectivity index (χ0v) is 11.1. The summed E-state index contributed by atoms with van der Waals surface area (Å²) >= 11 is 0. The van der Waals surface area contributed by atoms with E-state index in [1.54, 1.807) is 12.1 Å². The smallest absolute Gasteiger partial charge is 0.278 e. The van der Waals surface area contributed by atoms with Crippen molar-refractivity contribution in [2.75, 3.05) is 0 Å². The van der Waals surface area contributed by atoms with Crippen LogP contribution in [0.25, 0.3) is 21.9 Å². The standard InChI is InChI=1S/C16H11N3O2/c20-16-13-6-2-3-7-14(13)17-18-19(16)10-12-9-11-5-1-4-8-15(11)21-12/h1-9H,10H2. The first-order valence-electron chi connectivity index (χ1n) is 6.61. The van der Waals surface area contributed by atoms with Crippen LogP contribution in [0, 0.1) is 0 Å². The molecule has 0 bridgehead atoms. The molecule has 5 nitrogen and oxygen atoms in total. The Labute approximate surface area is 119 Å². The van der Waals surface area contributed by atoms with Crippen LogP contribution in [0.5, 0.6) is 0 Å². The normalized spacial score (nSPS) is 11.2. The Kier molecular flexibility index (Phi) is 2.57. The van der Waals surface area contributed by atoms with Crippen molar-refractivity contribution in [3.05, 3.63) is 70.7 Å². The number of nitrogens with zero attached hydrogens (tertiary/aromatic N) is 3. The fraction of sp³-hybridized carbons (Fsp3) is 0.0625. The van der Waals surface area contributed by atoms with E-state index in [9.17, 15) is 4.79 Å². The molecule has 0 radical (unpaired) electrons. The van der Waals surface area contributed by atoms with Gasteiger partial charge in [0.1, 0.15) is 23.4 Å². The first-order valence-corrected chi connectivity index (χ1v) is 6.61. The molecule has 0 fully saturated rings. The number of aromatic nitrogens is 3. The van der Waals surface area contributed by atoms with E-state index >= 15 is 0 Å². The SMILES string of the molecule is O=c1c2ccccc2nnn1Cc1cc2ccccc2o1. The second-order valence-corrected chi connectivity index (χ2v) is 4.82. The Morgan fingerprint density at radius 1 is 1.05 bits per heavy atom. The number of rotatable bonds is 2. The van der Waals surface area contributed by atoms with E-state index < -0.39 is 0 Å². The molecule has 4 aromatic rings. The maximum absolute atomic E-state index is 12.4. The predicted octanol–water partition coefficient (Wildman–Crippen LogP) is 2.59. The lowest BCUT2D eigenvalue weighted by Gasteiger charge is -2.02. The minimum Gasteiger partial charge on any atom is -0.459 e. The van der Waals surface area contributed by atoms with Crippen molar-refractivity contribution in [2.24, 2.45) is 0 Å². The van der Waals surface area contributed by atoms with Gasteiger partial charge in [-0.05, 0) is 24.3 Å². The summed E-state index contributed by atoms with van der Waals surface area (Å²) in [4.78, 5) is 12.4. The van der Waals surface area contributed by atoms with Gasteiger partial charge in [-0.3, -0.25) is 4.79 Å². The van der Waals surface area contributed by atoms with E-state index in [0.29, 0.717) is 16.7 Å². The topological polar surface area (TPSA) is 60.9 Å². The zero-order valence-electron chi connectivity index (χ0n) is 11.1. The van der Waals surface area contributed by atoms with Gasteiger partial charge in [-0.2, -0.15) is 0 Å². The van der Waals surface area contributed by atoms with Crippen LogP contribution in [0.2, 0.25) is 0 Å². The molecule has 0 aliphatic carbocycles. The summed E-state index contributed by atoms with van der Waals surface area (Å²) in [5.41, 5.74) is 1.23. The molecule has 0 unspecified atom stereocenters. The van der Waals surface area contributed by atoms with Crippen molar-refractivity contribution in [1.82, 2.24) is 15.0 Å². The summed E-state index contributed by atoms with van der Waals surface area (Å²) < 4.78 is 7.03. The number of benzene rings is 2. The molecule has 0 atom stereocenters. The van der Waals surface area contributed by atoms with E-state index in [4.69, 9.17) is 4.42 Å². The fourth-order valence-corrected chi connectivity index (χ4v) is 2.39. The van der Waals surface area contributed by atoms with Gasteiger partial charge in [0.05, 0.1) is 5.39 Å². The van der Waals surface area contributed by atoms with Crippen LogP contribution in [0.15, 0.2) is 63.8 Å². The van der Waals surface area contributed by atoms with Crippen molar-refractivity contribution in [3.8, 4) is 0 Å². The first kappa shape index (κ1) is 11.8. The average Bonchev–Trinajstić information content (AvgIpc) is 2.93. The Hall–Kier alpha value is -2.95. The van der Waals surface area contributed by atoms with Gasteiger partial charge in [0.2, 0.25) is 0 Å². The molecular weight excluding hydrogens is 266 g/mol. The number of hydrogen-bond acceptors (Lipinski definition) is 4. The van der Waals surface area contributed by atoms with Crippen LogP contribution in [-0.2, 0) is 6.54 Å². The van der Waals surface area contributed by atoms with Crippen LogP contribution >= 0.6 is 0 Å². The highest BCUT2D eigenvalue weighted by atomic mass is 16.3. The zero-order chi connectivity index (χ0) is 14.2. The third-order valence-corrected chi connectivity index (χ3v) is 3.41. The minimum atomic E-state index is -0.166. The summed E-state index contributed by atoms with van der Waals surface area (Å²) in [6.45, 7) is 0.269. The number of furan rings is 1. The van der Waals surface area contributed by atoms with Crippen LogP contribution in [-0.4, -0.2) is 15.0 Å². The highest BCUT2D eigenvalue weighted by molar-refractivity contribution is 5.78. The van der Waals surface area contributed by atoms with Gasteiger partial charge in [-0.1, -0.05) is 35.5 Å². The van der Waals surface area contributed by atoms with Crippen LogP contribution in [0.4, 0.5) is 0 Å². The Morgan fingerprint density at radius 2 is 1.86 bits per heavy atom. The molecule has 21 heavy (non-hydrogen) atoms. The monoisotopic (exact) mass is 277 g/mol. The van der Waals surface area contributed by atoms with Gasteiger partial charge in [0.25, 0.3) is 5.56 Å². The molecule has 5 heteroatoms. The van der Waals surface area contributed by atoms with Gasteiger partial charge in [-0.15, -0.1) is 5.10 Å². The molecule has 4 rings (SSSR count). The average molecular weight is 277 g/mol. The van der Waals surface area contributed by atoms with Crippen molar-refractivity contribution < 1.29 is 4.42 Å². The van der Waals surface area contributed by atoms with E-state index in [2.05, 4.69) is 10.3 Å². The van der Waals surface area contributed by atoms with Gasteiger partial charge in [0, 0.05) is 5.39 Å². The summed E-state index contributed by atoms with van der Waals surface area (Å²) in [5, 5.41) is 9.60. The summed E-state index contributed by atoms with van der Waals surface area (Å²) in [5.74, 6) is 0.683. The molecule has 0 spiro atoms. The quantitative estimate of drug-likeness (QED) is 0.565.